The van der Waals surface area contributed by atoms with Crippen LogP contribution in [-0.2, 0) is 4.79 Å². The number of hydrogen-bond donors (Lipinski definition) is 1. The van der Waals surface area contributed by atoms with Crippen molar-refractivity contribution in [3.8, 4) is 11.3 Å². The van der Waals surface area contributed by atoms with E-state index in [1.54, 1.807) is 30.3 Å². The van der Waals surface area contributed by atoms with E-state index in [9.17, 15) is 9.59 Å². The Kier molecular flexibility index (Phi) is 6.96. The van der Waals surface area contributed by atoms with E-state index >= 15 is 0 Å². The molecule has 0 atom stereocenters. The molecule has 0 spiro atoms. The molecule has 1 aliphatic heterocycles. The molecule has 2 heterocycles. The van der Waals surface area contributed by atoms with Crippen molar-refractivity contribution in [2.75, 3.05) is 36.4 Å². The van der Waals surface area contributed by atoms with Crippen LogP contribution in [0.25, 0.3) is 11.3 Å². The predicted molar refractivity (Wildman–Crippen MR) is 132 cm³/mol. The minimum atomic E-state index is -0.338. The molecule has 8 heteroatoms. The molecule has 0 aliphatic carbocycles. The number of furan rings is 1. The highest BCUT2D eigenvalue weighted by molar-refractivity contribution is 6.42. The first-order valence-electron chi connectivity index (χ1n) is 10.8. The van der Waals surface area contributed by atoms with E-state index in [4.69, 9.17) is 27.6 Å². The van der Waals surface area contributed by atoms with Crippen LogP contribution in [0.2, 0.25) is 10.0 Å². The van der Waals surface area contributed by atoms with E-state index in [-0.39, 0.29) is 23.5 Å². The van der Waals surface area contributed by atoms with Gasteiger partial charge in [-0.2, -0.15) is 0 Å². The van der Waals surface area contributed by atoms with Crippen LogP contribution < -0.4 is 10.2 Å². The lowest BCUT2D eigenvalue weighted by molar-refractivity contribution is -0.134. The van der Waals surface area contributed by atoms with Crippen LogP contribution in [0.15, 0.2) is 59.0 Å². The number of carbonyl (C=O) groups excluding carboxylic acids is 2. The predicted octanol–water partition coefficient (Wildman–Crippen LogP) is 5.81. The zero-order chi connectivity index (χ0) is 23.5. The number of benzene rings is 2. The third-order valence-corrected chi connectivity index (χ3v) is 6.35. The Balaban J connectivity index is 1.36. The summed E-state index contributed by atoms with van der Waals surface area (Å²) in [5, 5.41) is 3.74. The van der Waals surface area contributed by atoms with E-state index in [0.717, 1.165) is 37.4 Å². The topological polar surface area (TPSA) is 65.8 Å². The maximum Gasteiger partial charge on any atom is 0.291 e. The molecule has 6 nitrogen and oxygen atoms in total. The molecule has 2 amide bonds. The summed E-state index contributed by atoms with van der Waals surface area (Å²) >= 11 is 12.0. The molecule has 0 radical (unpaired) electrons. The summed E-state index contributed by atoms with van der Waals surface area (Å²) in [6.07, 6.45) is 0. The average molecular weight is 486 g/mol. The van der Waals surface area contributed by atoms with Crippen molar-refractivity contribution in [1.82, 2.24) is 4.90 Å². The second-order valence-electron chi connectivity index (χ2n) is 8.26. The van der Waals surface area contributed by atoms with Gasteiger partial charge in [0.25, 0.3) is 5.91 Å². The summed E-state index contributed by atoms with van der Waals surface area (Å²) in [4.78, 5) is 28.9. The smallest absolute Gasteiger partial charge is 0.291 e. The van der Waals surface area contributed by atoms with Crippen molar-refractivity contribution in [3.63, 3.8) is 0 Å². The fourth-order valence-electron chi connectivity index (χ4n) is 3.76. The summed E-state index contributed by atoms with van der Waals surface area (Å²) in [5.74, 6) is 0.617. The van der Waals surface area contributed by atoms with Gasteiger partial charge in [-0.15, -0.1) is 0 Å². The minimum absolute atomic E-state index is 0.0219. The fourth-order valence-corrected chi connectivity index (χ4v) is 4.06. The second kappa shape index (κ2) is 9.89. The van der Waals surface area contributed by atoms with Crippen LogP contribution in [0.5, 0.6) is 0 Å². The molecule has 3 aromatic rings. The highest BCUT2D eigenvalue weighted by Crippen LogP contribution is 2.30. The summed E-state index contributed by atoms with van der Waals surface area (Å²) in [7, 11) is 0. The third kappa shape index (κ3) is 5.34. The number of carbonyl (C=O) groups is 2. The summed E-state index contributed by atoms with van der Waals surface area (Å²) in [6, 6.07) is 16.2. The molecule has 4 rings (SSSR count). The Morgan fingerprint density at radius 2 is 1.61 bits per heavy atom. The minimum Gasteiger partial charge on any atom is -0.451 e. The van der Waals surface area contributed by atoms with Gasteiger partial charge in [-0.1, -0.05) is 37.0 Å². The molecule has 1 aromatic heterocycles. The normalized spacial score (nSPS) is 14.0. The molecule has 1 saturated heterocycles. The van der Waals surface area contributed by atoms with Crippen molar-refractivity contribution in [1.29, 1.82) is 0 Å². The maximum absolute atomic E-state index is 12.6. The van der Waals surface area contributed by atoms with E-state index in [0.29, 0.717) is 21.5 Å². The van der Waals surface area contributed by atoms with Crippen LogP contribution in [0.1, 0.15) is 24.4 Å². The first-order chi connectivity index (χ1) is 15.8. The number of anilines is 2. The molecule has 0 saturated carbocycles. The quantitative estimate of drug-likeness (QED) is 0.494. The Morgan fingerprint density at radius 3 is 2.24 bits per heavy atom. The average Bonchev–Trinajstić information content (AvgIpc) is 3.31. The number of nitrogens with one attached hydrogen (secondary N) is 1. The number of hydrogen-bond acceptors (Lipinski definition) is 4. The Labute approximate surface area is 203 Å². The zero-order valence-corrected chi connectivity index (χ0v) is 20.0. The molecule has 1 fully saturated rings. The molecule has 0 bridgehead atoms. The second-order valence-corrected chi connectivity index (χ2v) is 9.08. The maximum atomic E-state index is 12.6. The van der Waals surface area contributed by atoms with Crippen LogP contribution in [0.4, 0.5) is 11.4 Å². The van der Waals surface area contributed by atoms with Crippen molar-refractivity contribution in [3.05, 3.63) is 70.4 Å². The Bertz CT molecular complexity index is 1150. The van der Waals surface area contributed by atoms with Gasteiger partial charge in [0.2, 0.25) is 5.91 Å². The highest BCUT2D eigenvalue weighted by atomic mass is 35.5. The molecule has 1 N–H and O–H groups in total. The first-order valence-corrected chi connectivity index (χ1v) is 11.6. The van der Waals surface area contributed by atoms with Crippen LogP contribution in [0, 0.1) is 5.92 Å². The van der Waals surface area contributed by atoms with Gasteiger partial charge in [-0.25, -0.2) is 0 Å². The zero-order valence-electron chi connectivity index (χ0n) is 18.5. The molecule has 1 aliphatic rings. The van der Waals surface area contributed by atoms with Gasteiger partial charge in [-0.05, 0) is 54.6 Å². The van der Waals surface area contributed by atoms with E-state index < -0.39 is 0 Å². The molecule has 33 heavy (non-hydrogen) atoms. The van der Waals surface area contributed by atoms with Gasteiger partial charge in [-0.3, -0.25) is 9.59 Å². The molecular weight excluding hydrogens is 461 g/mol. The number of halogens is 2. The SMILES string of the molecule is CC(C)C(=O)N1CCN(c2ccc(NC(=O)c3ccc(-c4ccc(Cl)c(Cl)c4)o3)cc2)CC1. The first kappa shape index (κ1) is 23.2. The highest BCUT2D eigenvalue weighted by Gasteiger charge is 2.23. The summed E-state index contributed by atoms with van der Waals surface area (Å²) in [6.45, 7) is 6.86. The summed E-state index contributed by atoms with van der Waals surface area (Å²) in [5.41, 5.74) is 2.47. The van der Waals surface area contributed by atoms with Gasteiger partial charge in [0.15, 0.2) is 5.76 Å². The number of nitrogens with zero attached hydrogens (tertiary/aromatic N) is 2. The van der Waals surface area contributed by atoms with Gasteiger partial charge in [0, 0.05) is 49.0 Å². The van der Waals surface area contributed by atoms with Gasteiger partial charge >= 0.3 is 0 Å². The lowest BCUT2D eigenvalue weighted by atomic mass is 10.1. The van der Waals surface area contributed by atoms with Crippen molar-refractivity contribution >= 4 is 46.4 Å². The van der Waals surface area contributed by atoms with Gasteiger partial charge < -0.3 is 19.5 Å². The number of rotatable bonds is 5. The summed E-state index contributed by atoms with van der Waals surface area (Å²) < 4.78 is 5.71. The molecule has 2 aromatic carbocycles. The van der Waals surface area contributed by atoms with E-state index in [1.165, 1.54) is 0 Å². The Morgan fingerprint density at radius 1 is 0.909 bits per heavy atom. The third-order valence-electron chi connectivity index (χ3n) is 5.61. The molecule has 0 unspecified atom stereocenters. The number of amides is 2. The van der Waals surface area contributed by atoms with Gasteiger partial charge in [0.1, 0.15) is 5.76 Å². The standard InChI is InChI=1S/C25H25Cl2N3O3/c1-16(2)25(32)30-13-11-29(12-14-30)19-6-4-18(5-7-19)28-24(31)23-10-9-22(33-23)17-3-8-20(26)21(27)15-17/h3-10,15-16H,11-14H2,1-2H3,(H,28,31). The van der Waals surface area contributed by atoms with E-state index in [1.807, 2.05) is 43.0 Å². The lowest BCUT2D eigenvalue weighted by Gasteiger charge is -2.37. The molecular formula is C25H25Cl2N3O3. The monoisotopic (exact) mass is 485 g/mol. The molecule has 172 valence electrons. The van der Waals surface area contributed by atoms with Crippen LogP contribution in [-0.4, -0.2) is 42.9 Å². The van der Waals surface area contributed by atoms with Crippen molar-refractivity contribution in [2.24, 2.45) is 5.92 Å². The van der Waals surface area contributed by atoms with Crippen LogP contribution >= 0.6 is 23.2 Å². The van der Waals surface area contributed by atoms with Gasteiger partial charge in [0.05, 0.1) is 10.0 Å². The van der Waals surface area contributed by atoms with Crippen molar-refractivity contribution < 1.29 is 14.0 Å². The number of piperazine rings is 1. The van der Waals surface area contributed by atoms with Crippen LogP contribution in [0.3, 0.4) is 0 Å². The van der Waals surface area contributed by atoms with Crippen molar-refractivity contribution in [2.45, 2.75) is 13.8 Å². The fraction of sp³-hybridized carbons (Fsp3) is 0.280. The Hall–Kier alpha value is -2.96. The lowest BCUT2D eigenvalue weighted by Crippen LogP contribution is -2.49. The van der Waals surface area contributed by atoms with E-state index in [2.05, 4.69) is 10.2 Å². The largest absolute Gasteiger partial charge is 0.451 e.